The van der Waals surface area contributed by atoms with Crippen molar-refractivity contribution < 1.29 is 21.2 Å². The summed E-state index contributed by atoms with van der Waals surface area (Å²) < 4.78 is 1.52. The normalized spacial score (nSPS) is 13.2. The van der Waals surface area contributed by atoms with E-state index >= 15 is 0 Å². The first-order valence-corrected chi connectivity index (χ1v) is 15.7. The Morgan fingerprint density at radius 2 is 1.00 bits per heavy atom. The van der Waals surface area contributed by atoms with Crippen molar-refractivity contribution in [2.75, 3.05) is 0 Å². The number of hydrogen-bond donors (Lipinski definition) is 0. The molecule has 39 heavy (non-hydrogen) atoms. The second kappa shape index (κ2) is 16.3. The molecule has 0 spiro atoms. The second-order valence-electron chi connectivity index (χ2n) is 10.9. The summed E-state index contributed by atoms with van der Waals surface area (Å²) in [7, 11) is 0. The summed E-state index contributed by atoms with van der Waals surface area (Å²) in [5, 5.41) is 0. The molecule has 0 N–H and O–H groups in total. The monoisotopic (exact) mass is 570 g/mol. The van der Waals surface area contributed by atoms with Crippen molar-refractivity contribution in [1.29, 1.82) is 0 Å². The molecule has 0 amide bonds. The van der Waals surface area contributed by atoms with E-state index in [9.17, 15) is 5.53 Å². The quantitative estimate of drug-likeness (QED) is 0.115. The molecule has 1 aliphatic heterocycles. The summed E-state index contributed by atoms with van der Waals surface area (Å²) in [6, 6.07) is 9.36. The van der Waals surface area contributed by atoms with Crippen molar-refractivity contribution in [2.24, 2.45) is 0 Å². The van der Waals surface area contributed by atoms with Gasteiger partial charge in [0.15, 0.2) is 0 Å². The van der Waals surface area contributed by atoms with Crippen LogP contribution in [0.5, 0.6) is 0 Å². The predicted octanol–water partition coefficient (Wildman–Crippen LogP) is 10.6. The maximum Gasteiger partial charge on any atom is 0.210 e. The van der Waals surface area contributed by atoms with Gasteiger partial charge >= 0.3 is 0 Å². The largest absolute Gasteiger partial charge is 0.493 e. The maximum absolute atomic E-state index is 11.8. The van der Waals surface area contributed by atoms with Gasteiger partial charge in [-0.2, -0.15) is 0 Å². The van der Waals surface area contributed by atoms with Gasteiger partial charge in [0.2, 0.25) is 11.4 Å². The summed E-state index contributed by atoms with van der Waals surface area (Å²) in [5.74, 6) is 0. The summed E-state index contributed by atoms with van der Waals surface area (Å²) in [6.07, 6.45) is 17.2. The van der Waals surface area contributed by atoms with E-state index in [0.29, 0.717) is 0 Å². The van der Waals surface area contributed by atoms with Gasteiger partial charge in [0.05, 0.1) is 0 Å². The van der Waals surface area contributed by atoms with E-state index in [4.69, 9.17) is 0 Å². The van der Waals surface area contributed by atoms with Gasteiger partial charge in [-0.25, -0.2) is 4.70 Å². The van der Waals surface area contributed by atoms with E-state index in [0.717, 1.165) is 61.9 Å². The molecule has 0 saturated heterocycles. The van der Waals surface area contributed by atoms with Crippen LogP contribution < -0.4 is 0 Å². The van der Waals surface area contributed by atoms with Crippen LogP contribution in [0.15, 0.2) is 35.9 Å². The number of aryl methyl sites for hydroxylation is 4. The zero-order valence-electron chi connectivity index (χ0n) is 25.8. The van der Waals surface area contributed by atoms with E-state index in [1.54, 1.807) is 0 Å². The van der Waals surface area contributed by atoms with Crippen molar-refractivity contribution in [1.82, 2.24) is 0 Å². The third-order valence-corrected chi connectivity index (χ3v) is 8.52. The molecule has 0 fully saturated rings. The second-order valence-corrected chi connectivity index (χ2v) is 10.9. The number of unbranched alkanes of at least 4 members (excludes halogenated alkanes) is 5. The number of allylic oxidation sites excluding steroid dienone is 2. The third kappa shape index (κ3) is 7.61. The smallest absolute Gasteiger partial charge is 0.210 e. The van der Waals surface area contributed by atoms with Gasteiger partial charge in [-0.15, -0.1) is 0 Å². The Kier molecular flexibility index (Phi) is 13.9. The van der Waals surface area contributed by atoms with E-state index < -0.39 is 0 Å². The number of benzene rings is 2. The van der Waals surface area contributed by atoms with Crippen molar-refractivity contribution in [3.05, 3.63) is 86.0 Å². The van der Waals surface area contributed by atoms with E-state index in [-0.39, 0.29) is 16.5 Å². The molecule has 0 aromatic heterocycles. The average molecular weight is 572 g/mol. The summed E-state index contributed by atoms with van der Waals surface area (Å²) in [6.45, 7) is 15.8. The average Bonchev–Trinajstić information content (AvgIpc) is 3.28. The molecule has 0 bridgehead atoms. The Morgan fingerprint density at radius 3 is 1.44 bits per heavy atom. The summed E-state index contributed by atoms with van der Waals surface area (Å²) >= 11 is 0. The Bertz CT molecular complexity index is 1130. The fourth-order valence-electron chi connectivity index (χ4n) is 6.40. The first-order chi connectivity index (χ1) is 18.5. The molecule has 2 aromatic rings. The van der Waals surface area contributed by atoms with Gasteiger partial charge in [0, 0.05) is 39.3 Å². The first kappa shape index (κ1) is 33.2. The minimum Gasteiger partial charge on any atom is -0.493 e. The van der Waals surface area contributed by atoms with Crippen LogP contribution in [0.25, 0.3) is 16.9 Å². The Labute approximate surface area is 249 Å². The summed E-state index contributed by atoms with van der Waals surface area (Å²) in [4.78, 5) is 0. The molecule has 0 radical (unpaired) electrons. The Balaban J connectivity index is 0.00000533. The molecule has 3 heteroatoms. The number of hydrogen-bond acceptors (Lipinski definition) is 0. The van der Waals surface area contributed by atoms with Gasteiger partial charge in [0.25, 0.3) is 0 Å². The molecule has 0 saturated carbocycles. The molecular formula is C36H52N2Ni. The van der Waals surface area contributed by atoms with E-state index in [1.807, 2.05) is 0 Å². The molecule has 0 atom stereocenters. The van der Waals surface area contributed by atoms with Crippen LogP contribution in [0.2, 0.25) is 0 Å². The van der Waals surface area contributed by atoms with Crippen molar-refractivity contribution in [2.45, 2.75) is 132 Å². The number of rotatable bonds is 15. The number of nitrogens with zero attached hydrogens (tertiary/aromatic N) is 2. The van der Waals surface area contributed by atoms with Gasteiger partial charge in [0.1, 0.15) is 0 Å². The van der Waals surface area contributed by atoms with Gasteiger partial charge in [-0.05, 0) is 109 Å². The third-order valence-electron chi connectivity index (χ3n) is 8.52. The molecule has 216 valence electrons. The maximum atomic E-state index is 11.8. The Hall–Kier alpha value is -1.99. The SMILES string of the molecule is CCCCCCCCC1=C(c2cc(CC)c(CC)c(CC)c2)[N+](=[N-])C(c2cc(CC)c(CC)c(CC)c2)=C1.[Ni]. The van der Waals surface area contributed by atoms with Crippen molar-refractivity contribution in [3.8, 4) is 0 Å². The molecule has 1 aliphatic rings. The minimum absolute atomic E-state index is 0. The van der Waals surface area contributed by atoms with Crippen LogP contribution in [-0.4, -0.2) is 4.70 Å². The molecule has 1 heterocycles. The van der Waals surface area contributed by atoms with Crippen LogP contribution >= 0.6 is 0 Å². The molecule has 3 rings (SSSR count). The Morgan fingerprint density at radius 1 is 0.564 bits per heavy atom. The molecule has 0 aliphatic carbocycles. The minimum atomic E-state index is 0. The van der Waals surface area contributed by atoms with Crippen molar-refractivity contribution in [3.63, 3.8) is 0 Å². The molecule has 2 aromatic carbocycles. The van der Waals surface area contributed by atoms with E-state index in [1.165, 1.54) is 87.7 Å². The van der Waals surface area contributed by atoms with Crippen molar-refractivity contribution >= 4 is 11.4 Å². The van der Waals surface area contributed by atoms with Gasteiger partial charge < -0.3 is 5.53 Å². The van der Waals surface area contributed by atoms with Gasteiger partial charge in [-0.1, -0.05) is 80.6 Å². The van der Waals surface area contributed by atoms with Crippen LogP contribution in [-0.2, 0) is 55.0 Å². The van der Waals surface area contributed by atoms with E-state index in [2.05, 4.69) is 78.8 Å². The summed E-state index contributed by atoms with van der Waals surface area (Å²) in [5.41, 5.74) is 26.0. The van der Waals surface area contributed by atoms with Crippen LogP contribution in [0.3, 0.4) is 0 Å². The fraction of sp³-hybridized carbons (Fsp3) is 0.556. The predicted molar refractivity (Wildman–Crippen MR) is 166 cm³/mol. The van der Waals surface area contributed by atoms with Crippen LogP contribution in [0, 0.1) is 0 Å². The van der Waals surface area contributed by atoms with Crippen LogP contribution in [0.1, 0.15) is 138 Å². The van der Waals surface area contributed by atoms with Gasteiger partial charge in [-0.3, -0.25) is 0 Å². The fourth-order valence-corrected chi connectivity index (χ4v) is 6.40. The first-order valence-electron chi connectivity index (χ1n) is 15.7. The molecule has 2 nitrogen and oxygen atoms in total. The zero-order chi connectivity index (χ0) is 27.7. The molecule has 0 unspecified atom stereocenters. The standard InChI is InChI=1S/C36H52N2.Ni/c1-8-15-16-17-18-19-20-30-25-35(31-21-26(9-2)33(13-6)27(10-3)22-31)38(37)36(30)32-23-28(11-4)34(14-7)29(12-5)24-32;/h21-25H,8-20H2,1-7H3;. The van der Waals surface area contributed by atoms with Crippen LogP contribution in [0.4, 0.5) is 0 Å². The molecular weight excluding hydrogens is 519 g/mol. The zero-order valence-corrected chi connectivity index (χ0v) is 26.8. The topological polar surface area (TPSA) is 25.3 Å².